The van der Waals surface area contributed by atoms with Crippen LogP contribution >= 0.6 is 0 Å². The molecule has 0 radical (unpaired) electrons. The largest absolute Gasteiger partial charge is 0.382 e. The second kappa shape index (κ2) is 7.54. The molecule has 1 aromatic carbocycles. The second-order valence-electron chi connectivity index (χ2n) is 5.34. The summed E-state index contributed by atoms with van der Waals surface area (Å²) < 4.78 is 10.4. The molecule has 1 aromatic rings. The van der Waals surface area contributed by atoms with Gasteiger partial charge in [-0.3, -0.25) is 10.1 Å². The Bertz CT molecular complexity index is 490. The summed E-state index contributed by atoms with van der Waals surface area (Å²) in [5.74, 6) is 0.121. The van der Waals surface area contributed by atoms with E-state index in [0.717, 1.165) is 5.56 Å². The van der Waals surface area contributed by atoms with E-state index in [2.05, 4.69) is 37.4 Å². The van der Waals surface area contributed by atoms with Crippen LogP contribution in [0.1, 0.15) is 22.9 Å². The van der Waals surface area contributed by atoms with Gasteiger partial charge >= 0.3 is 0 Å². The molecule has 0 aromatic heterocycles. The predicted octanol–water partition coefficient (Wildman–Crippen LogP) is 1.40. The van der Waals surface area contributed by atoms with Gasteiger partial charge in [0.1, 0.15) is 6.17 Å². The molecule has 1 amide bonds. The van der Waals surface area contributed by atoms with Crippen LogP contribution in [0.4, 0.5) is 0 Å². The van der Waals surface area contributed by atoms with E-state index < -0.39 is 0 Å². The summed E-state index contributed by atoms with van der Waals surface area (Å²) in [6.07, 6.45) is -0.0517. The number of methoxy groups -OCH3 is 1. The number of rotatable bonds is 7. The van der Waals surface area contributed by atoms with Crippen molar-refractivity contribution in [1.82, 2.24) is 10.2 Å². The monoisotopic (exact) mass is 292 g/mol. The number of hydrogen-bond donors (Lipinski definition) is 1. The third-order valence-corrected chi connectivity index (χ3v) is 3.71. The van der Waals surface area contributed by atoms with Gasteiger partial charge < -0.3 is 14.4 Å². The van der Waals surface area contributed by atoms with Crippen molar-refractivity contribution in [3.8, 4) is 0 Å². The van der Waals surface area contributed by atoms with E-state index in [1.54, 1.807) is 7.11 Å². The van der Waals surface area contributed by atoms with Crippen LogP contribution in [-0.4, -0.2) is 50.8 Å². The lowest BCUT2D eigenvalue weighted by Crippen LogP contribution is -2.34. The molecule has 1 unspecified atom stereocenters. The molecule has 2 rings (SSSR count). The average molecular weight is 292 g/mol. The molecule has 0 bridgehead atoms. The van der Waals surface area contributed by atoms with Crippen LogP contribution in [0.25, 0.3) is 0 Å². The van der Waals surface area contributed by atoms with E-state index in [4.69, 9.17) is 9.47 Å². The first-order chi connectivity index (χ1) is 10.1. The van der Waals surface area contributed by atoms with Crippen LogP contribution in [0.3, 0.4) is 0 Å². The first-order valence-electron chi connectivity index (χ1n) is 7.30. The van der Waals surface area contributed by atoms with Gasteiger partial charge in [-0.15, -0.1) is 0 Å². The van der Waals surface area contributed by atoms with Gasteiger partial charge in [-0.05, 0) is 25.0 Å². The van der Waals surface area contributed by atoms with E-state index >= 15 is 0 Å². The maximum absolute atomic E-state index is 12.0. The van der Waals surface area contributed by atoms with Gasteiger partial charge in [0.15, 0.2) is 0 Å². The Labute approximate surface area is 126 Å². The highest BCUT2D eigenvalue weighted by atomic mass is 16.5. The van der Waals surface area contributed by atoms with Crippen molar-refractivity contribution in [2.24, 2.45) is 0 Å². The molecule has 0 spiro atoms. The average Bonchev–Trinajstić information content (AvgIpc) is 2.80. The first kappa shape index (κ1) is 15.9. The highest BCUT2D eigenvalue weighted by Crippen LogP contribution is 2.25. The third-order valence-electron chi connectivity index (χ3n) is 3.71. The van der Waals surface area contributed by atoms with Crippen molar-refractivity contribution in [2.45, 2.75) is 20.0 Å². The quantitative estimate of drug-likeness (QED) is 0.772. The highest BCUT2D eigenvalue weighted by molar-refractivity contribution is 5.81. The van der Waals surface area contributed by atoms with E-state index in [0.29, 0.717) is 32.9 Å². The topological polar surface area (TPSA) is 50.8 Å². The number of benzene rings is 1. The third kappa shape index (κ3) is 4.03. The molecule has 1 aliphatic rings. The molecule has 1 N–H and O–H groups in total. The van der Waals surface area contributed by atoms with Crippen molar-refractivity contribution >= 4 is 5.91 Å². The fraction of sp³-hybridized carbons (Fsp3) is 0.562. The number of hydrogen-bond acceptors (Lipinski definition) is 4. The number of nitrogens with one attached hydrogen (secondary N) is 1. The van der Waals surface area contributed by atoms with Crippen molar-refractivity contribution in [3.63, 3.8) is 0 Å². The number of carbonyl (C=O) groups is 1. The van der Waals surface area contributed by atoms with Crippen molar-refractivity contribution in [3.05, 3.63) is 34.9 Å². The number of ether oxygens (including phenoxy) is 2. The number of amides is 1. The van der Waals surface area contributed by atoms with Gasteiger partial charge in [-0.1, -0.05) is 23.8 Å². The van der Waals surface area contributed by atoms with Crippen molar-refractivity contribution < 1.29 is 14.3 Å². The molecule has 1 fully saturated rings. The summed E-state index contributed by atoms with van der Waals surface area (Å²) in [4.78, 5) is 13.9. The zero-order valence-corrected chi connectivity index (χ0v) is 13.0. The molecule has 1 saturated heterocycles. The van der Waals surface area contributed by atoms with Crippen LogP contribution in [0.2, 0.25) is 0 Å². The van der Waals surface area contributed by atoms with Crippen molar-refractivity contribution in [1.29, 1.82) is 0 Å². The lowest BCUT2D eigenvalue weighted by atomic mass is 10.0. The molecule has 0 aliphatic carbocycles. The maximum Gasteiger partial charge on any atom is 0.238 e. The minimum absolute atomic E-state index is 0.0517. The fourth-order valence-electron chi connectivity index (χ4n) is 2.61. The zero-order valence-electron chi connectivity index (χ0n) is 13.0. The number of aryl methyl sites for hydroxylation is 2. The Hall–Kier alpha value is -1.43. The predicted molar refractivity (Wildman–Crippen MR) is 81.1 cm³/mol. The minimum atomic E-state index is -0.0517. The van der Waals surface area contributed by atoms with Gasteiger partial charge in [0.2, 0.25) is 5.91 Å². The number of carbonyl (C=O) groups excluding carboxylic acids is 1. The van der Waals surface area contributed by atoms with Gasteiger partial charge in [-0.2, -0.15) is 0 Å². The molecular formula is C16H24N2O3. The standard InChI is InChI=1S/C16H24N2O3/c1-12-4-5-14(13(2)10-12)16-17-11-15(19)18(16)6-7-21-9-8-20-3/h4-5,10,16-17H,6-9,11H2,1-3H3. The summed E-state index contributed by atoms with van der Waals surface area (Å²) >= 11 is 0. The Morgan fingerprint density at radius 3 is 2.81 bits per heavy atom. The number of nitrogens with zero attached hydrogens (tertiary/aromatic N) is 1. The first-order valence-corrected chi connectivity index (χ1v) is 7.30. The van der Waals surface area contributed by atoms with Crippen molar-refractivity contribution in [2.75, 3.05) is 40.0 Å². The summed E-state index contributed by atoms with van der Waals surface area (Å²) in [7, 11) is 1.65. The zero-order chi connectivity index (χ0) is 15.2. The Kier molecular flexibility index (Phi) is 5.73. The normalized spacial score (nSPS) is 18.5. The van der Waals surface area contributed by atoms with E-state index in [1.165, 1.54) is 11.1 Å². The lowest BCUT2D eigenvalue weighted by molar-refractivity contribution is -0.128. The molecule has 5 heteroatoms. The van der Waals surface area contributed by atoms with Crippen LogP contribution in [0.5, 0.6) is 0 Å². The highest BCUT2D eigenvalue weighted by Gasteiger charge is 2.31. The maximum atomic E-state index is 12.0. The molecule has 1 atom stereocenters. The van der Waals surface area contributed by atoms with E-state index in [-0.39, 0.29) is 12.1 Å². The van der Waals surface area contributed by atoms with E-state index in [9.17, 15) is 4.79 Å². The summed E-state index contributed by atoms with van der Waals surface area (Å²) in [6.45, 7) is 6.79. The summed E-state index contributed by atoms with van der Waals surface area (Å²) in [5.41, 5.74) is 3.59. The lowest BCUT2D eigenvalue weighted by Gasteiger charge is -2.26. The molecule has 0 saturated carbocycles. The molecule has 1 heterocycles. The fourth-order valence-corrected chi connectivity index (χ4v) is 2.61. The summed E-state index contributed by atoms with van der Waals surface area (Å²) in [6, 6.07) is 6.33. The molecule has 116 valence electrons. The second-order valence-corrected chi connectivity index (χ2v) is 5.34. The molecule has 1 aliphatic heterocycles. The van der Waals surface area contributed by atoms with Gasteiger partial charge in [-0.25, -0.2) is 0 Å². The van der Waals surface area contributed by atoms with Crippen LogP contribution in [0.15, 0.2) is 18.2 Å². The smallest absolute Gasteiger partial charge is 0.238 e. The Balaban J connectivity index is 1.99. The van der Waals surface area contributed by atoms with E-state index in [1.807, 2.05) is 4.90 Å². The van der Waals surface area contributed by atoms with Crippen LogP contribution < -0.4 is 5.32 Å². The molecule has 21 heavy (non-hydrogen) atoms. The van der Waals surface area contributed by atoms with Crippen LogP contribution in [0, 0.1) is 13.8 Å². The SMILES string of the molecule is COCCOCCN1C(=O)CNC1c1ccc(C)cc1C. The Morgan fingerprint density at radius 2 is 2.10 bits per heavy atom. The molecule has 5 nitrogen and oxygen atoms in total. The molecular weight excluding hydrogens is 268 g/mol. The van der Waals surface area contributed by atoms with Crippen LogP contribution in [-0.2, 0) is 14.3 Å². The summed E-state index contributed by atoms with van der Waals surface area (Å²) in [5, 5.41) is 3.28. The van der Waals surface area contributed by atoms with Gasteiger partial charge in [0, 0.05) is 13.7 Å². The minimum Gasteiger partial charge on any atom is -0.382 e. The van der Waals surface area contributed by atoms with Gasteiger partial charge in [0.05, 0.1) is 26.4 Å². The van der Waals surface area contributed by atoms with Gasteiger partial charge in [0.25, 0.3) is 0 Å². The Morgan fingerprint density at radius 1 is 1.29 bits per heavy atom.